The van der Waals surface area contributed by atoms with Gasteiger partial charge in [-0.3, -0.25) is 10.2 Å². The van der Waals surface area contributed by atoms with Crippen molar-refractivity contribution in [3.8, 4) is 0 Å². The number of rotatable bonds is 3. The highest BCUT2D eigenvalue weighted by Gasteiger charge is 2.11. The Morgan fingerprint density at radius 2 is 2.46 bits per heavy atom. The molecule has 0 saturated heterocycles. The van der Waals surface area contributed by atoms with Crippen LogP contribution in [0.25, 0.3) is 0 Å². The summed E-state index contributed by atoms with van der Waals surface area (Å²) in [5.74, 6) is -0.0391. The van der Waals surface area contributed by atoms with Crippen LogP contribution in [0.15, 0.2) is 10.6 Å². The van der Waals surface area contributed by atoms with Gasteiger partial charge in [-0.25, -0.2) is 5.01 Å². The van der Waals surface area contributed by atoms with E-state index in [0.29, 0.717) is 5.69 Å². The third kappa shape index (κ3) is 2.55. The molecule has 0 radical (unpaired) electrons. The lowest BCUT2D eigenvalue weighted by atomic mass is 10.4. The fraction of sp³-hybridized carbons (Fsp3) is 0.500. The first-order valence-electron chi connectivity index (χ1n) is 4.09. The molecular weight excluding hydrogens is 170 g/mol. The number of aromatic nitrogens is 1. The first kappa shape index (κ1) is 9.73. The van der Waals surface area contributed by atoms with Crippen LogP contribution in [0.5, 0.6) is 0 Å². The van der Waals surface area contributed by atoms with Crippen molar-refractivity contribution in [3.63, 3.8) is 0 Å². The summed E-state index contributed by atoms with van der Waals surface area (Å²) in [5.41, 5.74) is 3.32. The topological polar surface area (TPSA) is 58.4 Å². The second-order valence-electron chi connectivity index (χ2n) is 2.79. The van der Waals surface area contributed by atoms with Crippen LogP contribution in [0.2, 0.25) is 0 Å². The molecule has 0 aliphatic carbocycles. The third-order valence-electron chi connectivity index (χ3n) is 1.62. The summed E-state index contributed by atoms with van der Waals surface area (Å²) in [5, 5.41) is 5.28. The van der Waals surface area contributed by atoms with Gasteiger partial charge in [-0.05, 0) is 6.92 Å². The van der Waals surface area contributed by atoms with E-state index in [1.807, 2.05) is 6.92 Å². The van der Waals surface area contributed by atoms with Crippen LogP contribution in [0.1, 0.15) is 23.2 Å². The molecule has 1 rings (SSSR count). The number of hydrogen-bond donors (Lipinski definition) is 1. The Morgan fingerprint density at radius 3 is 2.92 bits per heavy atom. The van der Waals surface area contributed by atoms with Crippen LogP contribution in [0, 0.1) is 6.92 Å². The van der Waals surface area contributed by atoms with Crippen molar-refractivity contribution < 1.29 is 9.32 Å². The maximum atomic E-state index is 11.3. The lowest BCUT2D eigenvalue weighted by molar-refractivity contribution is 0.0796. The van der Waals surface area contributed by atoms with E-state index in [1.165, 1.54) is 0 Å². The van der Waals surface area contributed by atoms with Crippen LogP contribution in [0.4, 0.5) is 0 Å². The van der Waals surface area contributed by atoms with E-state index in [0.717, 1.165) is 6.54 Å². The number of hydrogen-bond acceptors (Lipinski definition) is 4. The summed E-state index contributed by atoms with van der Waals surface area (Å²) in [6, 6.07) is 1.60. The van der Waals surface area contributed by atoms with Gasteiger partial charge in [-0.15, -0.1) is 0 Å². The molecule has 13 heavy (non-hydrogen) atoms. The summed E-state index contributed by atoms with van der Waals surface area (Å²) in [6.45, 7) is 4.44. The second-order valence-corrected chi connectivity index (χ2v) is 2.79. The minimum absolute atomic E-state index is 0.234. The molecule has 5 nitrogen and oxygen atoms in total. The van der Waals surface area contributed by atoms with Crippen LogP contribution < -0.4 is 5.43 Å². The van der Waals surface area contributed by atoms with Gasteiger partial charge in [0.15, 0.2) is 0 Å². The molecule has 1 N–H and O–H groups in total. The number of nitrogens with one attached hydrogen (secondary N) is 1. The molecule has 0 bridgehead atoms. The van der Waals surface area contributed by atoms with E-state index in [4.69, 9.17) is 4.52 Å². The Hall–Kier alpha value is -1.36. The Labute approximate surface area is 76.7 Å². The van der Waals surface area contributed by atoms with Crippen molar-refractivity contribution in [3.05, 3.63) is 17.5 Å². The molecule has 0 aliphatic heterocycles. The molecule has 1 aromatic heterocycles. The number of carbonyl (C=O) groups excluding carboxylic acids is 1. The van der Waals surface area contributed by atoms with Crippen molar-refractivity contribution in [2.24, 2.45) is 0 Å². The van der Waals surface area contributed by atoms with E-state index in [-0.39, 0.29) is 11.7 Å². The van der Waals surface area contributed by atoms with Crippen molar-refractivity contribution in [2.45, 2.75) is 13.8 Å². The lowest BCUT2D eigenvalue weighted by Crippen LogP contribution is -2.38. The number of carbonyl (C=O) groups is 1. The van der Waals surface area contributed by atoms with Gasteiger partial charge in [0.1, 0.15) is 0 Å². The summed E-state index contributed by atoms with van der Waals surface area (Å²) >= 11 is 0. The van der Waals surface area contributed by atoms with Crippen LogP contribution >= 0.6 is 0 Å². The maximum absolute atomic E-state index is 11.3. The number of amides is 1. The molecule has 0 aromatic carbocycles. The normalized spacial score (nSPS) is 10.5. The molecule has 0 unspecified atom stereocenters. The Kier molecular flexibility index (Phi) is 3.02. The molecule has 1 aromatic rings. The van der Waals surface area contributed by atoms with Gasteiger partial charge in [0.25, 0.3) is 0 Å². The fourth-order valence-electron chi connectivity index (χ4n) is 0.778. The first-order valence-corrected chi connectivity index (χ1v) is 4.09. The van der Waals surface area contributed by atoms with Gasteiger partial charge in [-0.1, -0.05) is 12.1 Å². The minimum atomic E-state index is -0.273. The molecule has 1 amide bonds. The van der Waals surface area contributed by atoms with Crippen molar-refractivity contribution in [2.75, 3.05) is 13.6 Å². The van der Waals surface area contributed by atoms with Gasteiger partial charge >= 0.3 is 5.91 Å². The fourth-order valence-corrected chi connectivity index (χ4v) is 0.778. The Balaban J connectivity index is 2.58. The van der Waals surface area contributed by atoms with E-state index in [2.05, 4.69) is 10.6 Å². The average Bonchev–Trinajstić information content (AvgIpc) is 2.51. The molecule has 0 atom stereocenters. The average molecular weight is 183 g/mol. The molecular formula is C8H13N3O2. The molecule has 5 heteroatoms. The Morgan fingerprint density at radius 1 is 1.77 bits per heavy atom. The van der Waals surface area contributed by atoms with Gasteiger partial charge < -0.3 is 4.52 Å². The number of nitrogens with zero attached hydrogens (tertiary/aromatic N) is 2. The quantitative estimate of drug-likeness (QED) is 0.696. The monoisotopic (exact) mass is 183 g/mol. The predicted octanol–water partition coefficient (Wildman–Crippen LogP) is 0.580. The SMILES string of the molecule is CCN(C)NC(=O)c1cc(C)no1. The highest BCUT2D eigenvalue weighted by molar-refractivity contribution is 5.90. The molecule has 0 spiro atoms. The van der Waals surface area contributed by atoms with Gasteiger partial charge in [0, 0.05) is 19.7 Å². The second kappa shape index (κ2) is 4.04. The van der Waals surface area contributed by atoms with Crippen molar-refractivity contribution in [1.82, 2.24) is 15.6 Å². The van der Waals surface area contributed by atoms with Crippen LogP contribution in [-0.2, 0) is 0 Å². The smallest absolute Gasteiger partial charge is 0.304 e. The minimum Gasteiger partial charge on any atom is -0.351 e. The van der Waals surface area contributed by atoms with Crippen LogP contribution in [0.3, 0.4) is 0 Å². The number of hydrazine groups is 1. The summed E-state index contributed by atoms with van der Waals surface area (Å²) in [4.78, 5) is 11.3. The molecule has 0 saturated carbocycles. The number of aryl methyl sites for hydroxylation is 1. The van der Waals surface area contributed by atoms with Crippen molar-refractivity contribution in [1.29, 1.82) is 0 Å². The zero-order valence-electron chi connectivity index (χ0n) is 8.00. The summed E-state index contributed by atoms with van der Waals surface area (Å²) in [6.07, 6.45) is 0. The van der Waals surface area contributed by atoms with E-state index in [1.54, 1.807) is 25.0 Å². The third-order valence-corrected chi connectivity index (χ3v) is 1.62. The summed E-state index contributed by atoms with van der Waals surface area (Å²) < 4.78 is 4.78. The zero-order chi connectivity index (χ0) is 9.84. The Bertz CT molecular complexity index is 295. The maximum Gasteiger partial charge on any atom is 0.304 e. The lowest BCUT2D eigenvalue weighted by Gasteiger charge is -2.13. The summed E-state index contributed by atoms with van der Waals surface area (Å²) in [7, 11) is 1.78. The molecule has 0 fully saturated rings. The molecule has 1 heterocycles. The van der Waals surface area contributed by atoms with E-state index < -0.39 is 0 Å². The standard InChI is InChI=1S/C8H13N3O2/c1-4-11(3)9-8(12)7-5-6(2)10-13-7/h5H,4H2,1-3H3,(H,9,12). The van der Waals surface area contributed by atoms with Gasteiger partial charge in [0.2, 0.25) is 5.76 Å². The zero-order valence-corrected chi connectivity index (χ0v) is 8.00. The predicted molar refractivity (Wildman–Crippen MR) is 47.0 cm³/mol. The van der Waals surface area contributed by atoms with Crippen LogP contribution in [-0.4, -0.2) is 29.7 Å². The van der Waals surface area contributed by atoms with E-state index in [9.17, 15) is 4.79 Å². The van der Waals surface area contributed by atoms with Gasteiger partial charge in [-0.2, -0.15) is 0 Å². The van der Waals surface area contributed by atoms with E-state index >= 15 is 0 Å². The van der Waals surface area contributed by atoms with Crippen molar-refractivity contribution >= 4 is 5.91 Å². The molecule has 72 valence electrons. The van der Waals surface area contributed by atoms with Gasteiger partial charge in [0.05, 0.1) is 5.69 Å². The highest BCUT2D eigenvalue weighted by Crippen LogP contribution is 2.01. The first-order chi connectivity index (χ1) is 6.13. The molecule has 0 aliphatic rings. The largest absolute Gasteiger partial charge is 0.351 e. The highest BCUT2D eigenvalue weighted by atomic mass is 16.5.